The average molecular weight is 447 g/mol. The van der Waals surface area contributed by atoms with Gasteiger partial charge in [-0.15, -0.1) is 0 Å². The van der Waals surface area contributed by atoms with Gasteiger partial charge in [0.2, 0.25) is 0 Å². The molecule has 1 rings (SSSR count). The Morgan fingerprint density at radius 2 is 1.67 bits per heavy atom. The Kier molecular flexibility index (Phi) is 6.91. The van der Waals surface area contributed by atoms with Gasteiger partial charge < -0.3 is 0 Å². The third-order valence-corrected chi connectivity index (χ3v) is 3.35. The van der Waals surface area contributed by atoms with Gasteiger partial charge in [-0.1, -0.05) is 0 Å². The molecule has 0 saturated heterocycles. The van der Waals surface area contributed by atoms with Crippen LogP contribution < -0.4 is 0 Å². The third-order valence-electron chi connectivity index (χ3n) is 1.43. The van der Waals surface area contributed by atoms with Crippen molar-refractivity contribution in [3.63, 3.8) is 0 Å². The van der Waals surface area contributed by atoms with Gasteiger partial charge in [0.1, 0.15) is 0 Å². The number of hydrogen-bond acceptors (Lipinski definition) is 6. The summed E-state index contributed by atoms with van der Waals surface area (Å²) in [4.78, 5) is 0. The maximum absolute atomic E-state index is 9.16. The molecule has 4 nitrogen and oxygen atoms in total. The number of hydrogen-bond donors (Lipinski definition) is 3. The molecule has 0 aliphatic heterocycles. The molecule has 1 aromatic carbocycles. The van der Waals surface area contributed by atoms with E-state index in [0.717, 1.165) is 0 Å². The zero-order valence-electron chi connectivity index (χ0n) is 6.97. The van der Waals surface area contributed by atoms with Crippen LogP contribution >= 0.6 is 21.4 Å². The molecule has 8 heteroatoms. The first-order valence-corrected chi connectivity index (χ1v) is 8.29. The largest absolute Gasteiger partial charge is 0 e. The number of aromatic hydroxyl groups is 3. The molecule has 0 heterocycles. The fourth-order valence-corrected chi connectivity index (χ4v) is 2.49. The van der Waals surface area contributed by atoms with Crippen LogP contribution in [-0.2, 0) is 25.4 Å². The van der Waals surface area contributed by atoms with Gasteiger partial charge in [-0.2, -0.15) is 0 Å². The summed E-state index contributed by atoms with van der Waals surface area (Å²) >= 11 is 3.65. The quantitative estimate of drug-likeness (QED) is 0.361. The Balaban J connectivity index is 0.00000196. The zero-order chi connectivity index (χ0) is 10.7. The van der Waals surface area contributed by atoms with E-state index >= 15 is 0 Å². The Bertz CT molecular complexity index is 376. The Labute approximate surface area is 121 Å². The summed E-state index contributed by atoms with van der Waals surface area (Å²) < 4.78 is 4.97. The number of thiocarbonyl (C=S) groups is 1. The van der Waals surface area contributed by atoms with Crippen molar-refractivity contribution in [2.24, 2.45) is 0 Å². The summed E-state index contributed by atoms with van der Waals surface area (Å²) in [6.45, 7) is 0. The van der Waals surface area contributed by atoms with Crippen molar-refractivity contribution in [2.45, 2.75) is 0 Å². The summed E-state index contributed by atoms with van der Waals surface area (Å²) in [6.07, 6.45) is 0. The van der Waals surface area contributed by atoms with Crippen LogP contribution in [0.3, 0.4) is 0 Å². The van der Waals surface area contributed by atoms with Crippen molar-refractivity contribution in [2.75, 3.05) is 0 Å². The predicted octanol–water partition coefficient (Wildman–Crippen LogP) is 1.22. The second-order valence-corrected chi connectivity index (χ2v) is 4.63. The van der Waals surface area contributed by atoms with Crippen LogP contribution in [0.2, 0.25) is 0 Å². The first-order chi connectivity index (χ1) is 6.56. The van der Waals surface area contributed by atoms with Crippen LogP contribution in [0.25, 0.3) is 0 Å². The zero-order valence-corrected chi connectivity index (χ0v) is 12.6. The number of benzene rings is 1. The van der Waals surface area contributed by atoms with Gasteiger partial charge in [-0.25, -0.2) is 0 Å². The van der Waals surface area contributed by atoms with Crippen LogP contribution in [0.15, 0.2) is 12.1 Å². The minimum Gasteiger partial charge on any atom is 0 e. The molecule has 0 spiro atoms. The smallest absolute Gasteiger partial charge is 0 e. The van der Waals surface area contributed by atoms with Crippen molar-refractivity contribution >= 4 is 46.5 Å². The Morgan fingerprint density at radius 1 is 1.20 bits per heavy atom. The van der Waals surface area contributed by atoms with Gasteiger partial charge in [0.15, 0.2) is 0 Å². The van der Waals surface area contributed by atoms with Crippen molar-refractivity contribution in [3.8, 4) is 17.2 Å². The standard InChI is InChI=1S/C7H6O4S.Ag.S.Sb/c8-4-1-3(7(11)12)2-5(9)6(4)10;;;/h1-2,8-10H,(H,11,12);;;/q;;;+1/p-1. The summed E-state index contributed by atoms with van der Waals surface area (Å²) in [5.41, 5.74) is 0.327. The molecule has 0 fully saturated rings. The summed E-state index contributed by atoms with van der Waals surface area (Å²) in [7, 11) is 4.69. The summed E-state index contributed by atoms with van der Waals surface area (Å²) in [6, 6.07) is 2.41. The first kappa shape index (κ1) is 15.3. The van der Waals surface area contributed by atoms with E-state index in [9.17, 15) is 0 Å². The molecule has 0 aromatic heterocycles. The molecule has 1 radical (unpaired) electrons. The number of phenols is 3. The minimum atomic E-state index is -1.18. The van der Waals surface area contributed by atoms with E-state index in [1.54, 1.807) is 0 Å². The van der Waals surface area contributed by atoms with E-state index in [4.69, 9.17) is 30.6 Å². The normalized spacial score (nSPS) is 8.80. The van der Waals surface area contributed by atoms with Crippen LogP contribution in [0.4, 0.5) is 0 Å². The molecular weight excluding hydrogens is 442 g/mol. The van der Waals surface area contributed by atoms with E-state index < -0.39 is 37.3 Å². The topological polar surface area (TPSA) is 69.9 Å². The van der Waals surface area contributed by atoms with Gasteiger partial charge in [0.25, 0.3) is 0 Å². The molecule has 3 N–H and O–H groups in total. The van der Waals surface area contributed by atoms with Crippen LogP contribution in [0.5, 0.6) is 17.2 Å². The second-order valence-electron chi connectivity index (χ2n) is 2.32. The predicted molar refractivity (Wildman–Crippen MR) is 57.6 cm³/mol. The molecule has 85 valence electrons. The van der Waals surface area contributed by atoms with Gasteiger partial charge in [-0.3, -0.25) is 0 Å². The van der Waals surface area contributed by atoms with Crippen molar-refractivity contribution < 1.29 is 40.7 Å². The molecule has 0 unspecified atom stereocenters. The van der Waals surface area contributed by atoms with E-state index in [0.29, 0.717) is 5.56 Å². The van der Waals surface area contributed by atoms with E-state index in [1.165, 1.54) is 12.1 Å². The van der Waals surface area contributed by atoms with E-state index in [1.807, 2.05) is 0 Å². The maximum atomic E-state index is 9.16. The second kappa shape index (κ2) is 6.78. The van der Waals surface area contributed by atoms with E-state index in [-0.39, 0.29) is 27.4 Å². The molecule has 0 aliphatic carbocycles. The monoisotopic (exact) mass is 445 g/mol. The fourth-order valence-electron chi connectivity index (χ4n) is 0.809. The molecular formula is C7H5AgO4S2Sb. The Hall–Kier alpha value is 0.288. The molecule has 0 saturated carbocycles. The van der Waals surface area contributed by atoms with Gasteiger partial charge in [0.05, 0.1) is 0 Å². The SMILES string of the molecule is Oc1cc(C(=S)[O][Sb]=[S])cc(O)c1O.[Ag]. The Morgan fingerprint density at radius 3 is 2.07 bits per heavy atom. The summed E-state index contributed by atoms with van der Waals surface area (Å²) in [5.74, 6) is -1.47. The molecule has 1 aromatic rings. The van der Waals surface area contributed by atoms with Gasteiger partial charge in [0, 0.05) is 22.4 Å². The maximum Gasteiger partial charge on any atom is 0 e. The summed E-state index contributed by atoms with van der Waals surface area (Å²) in [5, 5.41) is 27.5. The number of rotatable bonds is 2. The average Bonchev–Trinajstić information content (AvgIpc) is 2.13. The molecule has 0 bridgehead atoms. The first-order valence-electron chi connectivity index (χ1n) is 3.35. The third kappa shape index (κ3) is 3.98. The van der Waals surface area contributed by atoms with E-state index in [2.05, 4.69) is 9.19 Å². The minimum absolute atomic E-state index is 0. The van der Waals surface area contributed by atoms with Crippen LogP contribution in [0.1, 0.15) is 5.56 Å². The molecule has 0 aliphatic rings. The van der Waals surface area contributed by atoms with Crippen molar-refractivity contribution in [1.82, 2.24) is 0 Å². The van der Waals surface area contributed by atoms with Crippen molar-refractivity contribution in [3.05, 3.63) is 17.7 Å². The number of phenolic OH excluding ortho intramolecular Hbond substituents is 3. The van der Waals surface area contributed by atoms with Crippen LogP contribution in [-0.4, -0.2) is 40.4 Å². The van der Waals surface area contributed by atoms with Gasteiger partial charge >= 0.3 is 99.8 Å². The van der Waals surface area contributed by atoms with Gasteiger partial charge in [-0.05, 0) is 0 Å². The molecule has 0 atom stereocenters. The molecule has 15 heavy (non-hydrogen) atoms. The van der Waals surface area contributed by atoms with Crippen molar-refractivity contribution in [1.29, 1.82) is 0 Å². The molecule has 0 amide bonds. The van der Waals surface area contributed by atoms with Crippen LogP contribution in [0, 0.1) is 0 Å². The fraction of sp³-hybridized carbons (Fsp3) is 0.